The maximum atomic E-state index is 11.9. The van der Waals surface area contributed by atoms with E-state index in [1.807, 2.05) is 25.1 Å². The summed E-state index contributed by atoms with van der Waals surface area (Å²) >= 11 is 3.40. The van der Waals surface area contributed by atoms with E-state index in [4.69, 9.17) is 4.74 Å². The number of hydrogen-bond acceptors (Lipinski definition) is 3. The van der Waals surface area contributed by atoms with E-state index in [-0.39, 0.29) is 5.97 Å². The summed E-state index contributed by atoms with van der Waals surface area (Å²) in [6.07, 6.45) is 0. The number of esters is 1. The maximum absolute atomic E-state index is 11.9. The average Bonchev–Trinajstić information content (AvgIpc) is 2.66. The molecule has 0 spiro atoms. The van der Waals surface area contributed by atoms with Crippen molar-refractivity contribution >= 4 is 32.8 Å². The zero-order valence-corrected chi connectivity index (χ0v) is 11.3. The second-order valence-corrected chi connectivity index (χ2v) is 4.46. The van der Waals surface area contributed by atoms with Crippen LogP contribution in [-0.4, -0.2) is 22.4 Å². The van der Waals surface area contributed by atoms with Crippen molar-refractivity contribution in [3.05, 3.63) is 28.4 Å². The van der Waals surface area contributed by atoms with Crippen LogP contribution in [0.5, 0.6) is 0 Å². The zero-order valence-electron chi connectivity index (χ0n) is 9.74. The van der Waals surface area contributed by atoms with Crippen LogP contribution in [0.4, 0.5) is 0 Å². The highest BCUT2D eigenvalue weighted by atomic mass is 79.9. The lowest BCUT2D eigenvalue weighted by Crippen LogP contribution is -2.12. The molecule has 0 N–H and O–H groups in total. The average molecular weight is 297 g/mol. The Morgan fingerprint density at radius 2 is 2.24 bits per heavy atom. The normalized spacial score (nSPS) is 10.8. The van der Waals surface area contributed by atoms with Gasteiger partial charge in [-0.2, -0.15) is 5.10 Å². The highest BCUT2D eigenvalue weighted by molar-refractivity contribution is 9.10. The highest BCUT2D eigenvalue weighted by Gasteiger charge is 2.18. The van der Waals surface area contributed by atoms with Crippen molar-refractivity contribution in [3.8, 4) is 0 Å². The lowest BCUT2D eigenvalue weighted by molar-refractivity contribution is 0.0514. The molecule has 0 saturated carbocycles. The summed E-state index contributed by atoms with van der Waals surface area (Å²) in [5, 5.41) is 5.19. The summed E-state index contributed by atoms with van der Waals surface area (Å²) in [6, 6.07) is 5.68. The molecule has 0 aliphatic heterocycles. The van der Waals surface area contributed by atoms with E-state index in [1.165, 1.54) is 0 Å². The molecule has 2 rings (SSSR count). The van der Waals surface area contributed by atoms with Gasteiger partial charge < -0.3 is 4.74 Å². The Morgan fingerprint density at radius 3 is 2.88 bits per heavy atom. The third-order valence-electron chi connectivity index (χ3n) is 2.47. The molecule has 0 bridgehead atoms. The minimum atomic E-state index is -0.324. The van der Waals surface area contributed by atoms with Crippen LogP contribution in [-0.2, 0) is 11.3 Å². The second kappa shape index (κ2) is 4.87. The first-order chi connectivity index (χ1) is 8.17. The third-order valence-corrected chi connectivity index (χ3v) is 2.96. The molecule has 5 heteroatoms. The summed E-state index contributed by atoms with van der Waals surface area (Å²) in [5.74, 6) is -0.324. The highest BCUT2D eigenvalue weighted by Crippen LogP contribution is 2.23. The van der Waals surface area contributed by atoms with Crippen LogP contribution >= 0.6 is 15.9 Å². The van der Waals surface area contributed by atoms with Gasteiger partial charge in [0.15, 0.2) is 5.69 Å². The summed E-state index contributed by atoms with van der Waals surface area (Å²) in [4.78, 5) is 11.9. The predicted molar refractivity (Wildman–Crippen MR) is 69.1 cm³/mol. The number of aromatic nitrogens is 2. The molecular weight excluding hydrogens is 284 g/mol. The van der Waals surface area contributed by atoms with Gasteiger partial charge >= 0.3 is 5.97 Å². The van der Waals surface area contributed by atoms with E-state index in [0.717, 1.165) is 15.4 Å². The van der Waals surface area contributed by atoms with Crippen LogP contribution in [0.2, 0.25) is 0 Å². The predicted octanol–water partition coefficient (Wildman–Crippen LogP) is 3.00. The van der Waals surface area contributed by atoms with E-state index < -0.39 is 0 Å². The minimum absolute atomic E-state index is 0.324. The molecule has 1 aromatic carbocycles. The van der Waals surface area contributed by atoms with Crippen molar-refractivity contribution in [1.29, 1.82) is 0 Å². The Kier molecular flexibility index (Phi) is 3.47. The number of carbonyl (C=O) groups excluding carboxylic acids is 1. The standard InChI is InChI=1S/C12H13BrN2O2/c1-3-15-11(12(16)17-4-2)9-7-8(13)5-6-10(9)14-15/h5-7H,3-4H2,1-2H3. The quantitative estimate of drug-likeness (QED) is 0.818. The van der Waals surface area contributed by atoms with Crippen molar-refractivity contribution in [3.63, 3.8) is 0 Å². The Hall–Kier alpha value is -1.36. The fraction of sp³-hybridized carbons (Fsp3) is 0.333. The fourth-order valence-electron chi connectivity index (χ4n) is 1.75. The van der Waals surface area contributed by atoms with Crippen LogP contribution in [0.3, 0.4) is 0 Å². The van der Waals surface area contributed by atoms with Gasteiger partial charge in [-0.15, -0.1) is 0 Å². The van der Waals surface area contributed by atoms with Gasteiger partial charge in [0.05, 0.1) is 12.1 Å². The number of ether oxygens (including phenoxy) is 1. The van der Waals surface area contributed by atoms with Gasteiger partial charge in [-0.3, -0.25) is 4.68 Å². The first kappa shape index (κ1) is 12.1. The molecule has 0 aliphatic carbocycles. The van der Waals surface area contributed by atoms with Crippen LogP contribution in [0.25, 0.3) is 10.9 Å². The number of nitrogens with zero attached hydrogens (tertiary/aromatic N) is 2. The smallest absolute Gasteiger partial charge is 0.357 e. The van der Waals surface area contributed by atoms with Gasteiger partial charge in [-0.25, -0.2) is 4.79 Å². The topological polar surface area (TPSA) is 44.1 Å². The van der Waals surface area contributed by atoms with Crippen LogP contribution in [0, 0.1) is 0 Å². The van der Waals surface area contributed by atoms with Gasteiger partial charge in [0.2, 0.25) is 0 Å². The molecule has 0 unspecified atom stereocenters. The van der Waals surface area contributed by atoms with Gasteiger partial charge in [-0.05, 0) is 32.0 Å². The Labute approximate surface area is 108 Å². The van der Waals surface area contributed by atoms with Crippen molar-refractivity contribution in [2.24, 2.45) is 0 Å². The fourth-order valence-corrected chi connectivity index (χ4v) is 2.11. The van der Waals surface area contributed by atoms with Crippen LogP contribution in [0.1, 0.15) is 24.3 Å². The Morgan fingerprint density at radius 1 is 1.47 bits per heavy atom. The second-order valence-electron chi connectivity index (χ2n) is 3.55. The Bertz CT molecular complexity index is 563. The maximum Gasteiger partial charge on any atom is 0.357 e. The number of carbonyl (C=O) groups is 1. The molecule has 0 radical (unpaired) electrons. The number of rotatable bonds is 3. The number of aryl methyl sites for hydroxylation is 1. The molecule has 1 aromatic heterocycles. The number of benzene rings is 1. The molecule has 17 heavy (non-hydrogen) atoms. The van der Waals surface area contributed by atoms with Crippen molar-refractivity contribution in [2.45, 2.75) is 20.4 Å². The monoisotopic (exact) mass is 296 g/mol. The first-order valence-corrected chi connectivity index (χ1v) is 6.29. The summed E-state index contributed by atoms with van der Waals surface area (Å²) < 4.78 is 7.66. The molecule has 4 nitrogen and oxygen atoms in total. The number of halogens is 1. The molecular formula is C12H13BrN2O2. The van der Waals surface area contributed by atoms with Crippen LogP contribution < -0.4 is 0 Å². The molecule has 1 heterocycles. The van der Waals surface area contributed by atoms with E-state index in [2.05, 4.69) is 21.0 Å². The van der Waals surface area contributed by atoms with Gasteiger partial charge in [0.1, 0.15) is 0 Å². The molecule has 0 atom stereocenters. The molecule has 0 amide bonds. The molecule has 2 aromatic rings. The molecule has 0 saturated heterocycles. The molecule has 90 valence electrons. The minimum Gasteiger partial charge on any atom is -0.461 e. The van der Waals surface area contributed by atoms with Crippen molar-refractivity contribution in [1.82, 2.24) is 9.78 Å². The summed E-state index contributed by atoms with van der Waals surface area (Å²) in [5.41, 5.74) is 1.32. The van der Waals surface area contributed by atoms with E-state index in [1.54, 1.807) is 11.6 Å². The van der Waals surface area contributed by atoms with Crippen molar-refractivity contribution in [2.75, 3.05) is 6.61 Å². The first-order valence-electron chi connectivity index (χ1n) is 5.50. The van der Waals surface area contributed by atoms with E-state index in [9.17, 15) is 4.79 Å². The van der Waals surface area contributed by atoms with E-state index >= 15 is 0 Å². The summed E-state index contributed by atoms with van der Waals surface area (Å²) in [6.45, 7) is 4.75. The lowest BCUT2D eigenvalue weighted by Gasteiger charge is -2.04. The zero-order chi connectivity index (χ0) is 12.4. The van der Waals surface area contributed by atoms with Gasteiger partial charge in [-0.1, -0.05) is 15.9 Å². The number of hydrogen-bond donors (Lipinski definition) is 0. The SMILES string of the molecule is CCOC(=O)c1c2cc(Br)ccc2nn1CC. The largest absolute Gasteiger partial charge is 0.461 e. The lowest BCUT2D eigenvalue weighted by atomic mass is 10.2. The molecule has 0 aliphatic rings. The van der Waals surface area contributed by atoms with Crippen molar-refractivity contribution < 1.29 is 9.53 Å². The molecule has 0 fully saturated rings. The third kappa shape index (κ3) is 2.20. The number of fused-ring (bicyclic) bond motifs is 1. The van der Waals surface area contributed by atoms with Gasteiger partial charge in [0.25, 0.3) is 0 Å². The van der Waals surface area contributed by atoms with E-state index in [0.29, 0.717) is 18.8 Å². The van der Waals surface area contributed by atoms with Crippen LogP contribution in [0.15, 0.2) is 22.7 Å². The Balaban J connectivity index is 2.64. The summed E-state index contributed by atoms with van der Waals surface area (Å²) in [7, 11) is 0. The van der Waals surface area contributed by atoms with Gasteiger partial charge in [0, 0.05) is 16.4 Å².